The Morgan fingerprint density at radius 3 is 2.85 bits per heavy atom. The summed E-state index contributed by atoms with van der Waals surface area (Å²) < 4.78 is 0. The second-order valence-electron chi connectivity index (χ2n) is 4.83. The van der Waals surface area contributed by atoms with E-state index in [4.69, 9.17) is 0 Å². The molecule has 0 unspecified atom stereocenters. The number of thiazole rings is 1. The maximum Gasteiger partial charge on any atom is 0.282 e. The van der Waals surface area contributed by atoms with E-state index in [-0.39, 0.29) is 17.9 Å². The molecule has 1 saturated heterocycles. The summed E-state index contributed by atoms with van der Waals surface area (Å²) in [4.78, 5) is 32.9. The van der Waals surface area contributed by atoms with Crippen molar-refractivity contribution in [3.05, 3.63) is 28.7 Å². The number of nitrogens with zero attached hydrogens (tertiary/aromatic N) is 3. The van der Waals surface area contributed by atoms with Crippen LogP contribution < -0.4 is 0 Å². The zero-order chi connectivity index (χ0) is 14.7. The van der Waals surface area contributed by atoms with Gasteiger partial charge in [0.25, 0.3) is 5.91 Å². The maximum absolute atomic E-state index is 12.4. The molecular weight excluding hydrogens is 274 g/mol. The normalized spacial score (nSPS) is 19.0. The summed E-state index contributed by atoms with van der Waals surface area (Å²) in [5, 5.41) is 0.529. The minimum absolute atomic E-state index is 0.0350. The molecule has 2 amide bonds. The third-order valence-corrected chi connectivity index (χ3v) is 4.40. The van der Waals surface area contributed by atoms with Crippen molar-refractivity contribution < 1.29 is 9.59 Å². The maximum atomic E-state index is 12.4. The van der Waals surface area contributed by atoms with Gasteiger partial charge in [-0.1, -0.05) is 13.5 Å². The highest BCUT2D eigenvalue weighted by Gasteiger charge is 2.31. The highest BCUT2D eigenvalue weighted by Crippen LogP contribution is 2.18. The molecule has 1 fully saturated rings. The molecule has 1 aliphatic heterocycles. The zero-order valence-electron chi connectivity index (χ0n) is 11.8. The van der Waals surface area contributed by atoms with Gasteiger partial charge in [0.1, 0.15) is 0 Å². The van der Waals surface area contributed by atoms with Gasteiger partial charge in [0.05, 0.1) is 0 Å². The molecule has 2 heterocycles. The number of piperazine rings is 1. The first-order chi connectivity index (χ1) is 9.56. The third-order valence-electron chi connectivity index (χ3n) is 3.50. The summed E-state index contributed by atoms with van der Waals surface area (Å²) in [7, 11) is 0. The Labute approximate surface area is 122 Å². The Morgan fingerprint density at radius 2 is 2.30 bits per heavy atom. The van der Waals surface area contributed by atoms with E-state index in [0.717, 1.165) is 11.3 Å². The van der Waals surface area contributed by atoms with Gasteiger partial charge in [-0.2, -0.15) is 0 Å². The average molecular weight is 293 g/mol. The van der Waals surface area contributed by atoms with Gasteiger partial charge in [-0.05, 0) is 19.4 Å². The van der Waals surface area contributed by atoms with Crippen LogP contribution >= 0.6 is 11.3 Å². The van der Waals surface area contributed by atoms with Crippen molar-refractivity contribution >= 4 is 23.2 Å². The number of rotatable bonds is 3. The second kappa shape index (κ2) is 6.17. The number of aryl methyl sites for hydroxylation is 1. The van der Waals surface area contributed by atoms with Gasteiger partial charge in [-0.3, -0.25) is 9.59 Å². The van der Waals surface area contributed by atoms with Gasteiger partial charge >= 0.3 is 0 Å². The number of carbonyl (C=O) groups is 2. The molecule has 1 aromatic rings. The molecule has 108 valence electrons. The molecule has 0 bridgehead atoms. The smallest absolute Gasteiger partial charge is 0.282 e. The number of aromatic nitrogens is 1. The van der Waals surface area contributed by atoms with Crippen LogP contribution in [0.5, 0.6) is 0 Å². The number of hydrogen-bond acceptors (Lipinski definition) is 4. The van der Waals surface area contributed by atoms with Crippen molar-refractivity contribution in [1.82, 2.24) is 14.8 Å². The molecule has 2 rings (SSSR count). The van der Waals surface area contributed by atoms with Crippen molar-refractivity contribution in [1.29, 1.82) is 0 Å². The molecule has 5 nitrogen and oxygen atoms in total. The lowest BCUT2D eigenvalue weighted by Crippen LogP contribution is -2.56. The Balaban J connectivity index is 2.08. The second-order valence-corrected chi connectivity index (χ2v) is 6.06. The quantitative estimate of drug-likeness (QED) is 0.797. The minimum Gasteiger partial charge on any atom is -0.333 e. The van der Waals surface area contributed by atoms with Crippen LogP contribution in [0.3, 0.4) is 0 Å². The van der Waals surface area contributed by atoms with Crippen LogP contribution in [0.4, 0.5) is 0 Å². The Morgan fingerprint density at radius 1 is 1.55 bits per heavy atom. The topological polar surface area (TPSA) is 53.5 Å². The Hall–Kier alpha value is -1.69. The number of carbonyl (C=O) groups excluding carboxylic acids is 2. The van der Waals surface area contributed by atoms with Gasteiger partial charge in [0, 0.05) is 36.8 Å². The average Bonchev–Trinajstić information content (AvgIpc) is 2.91. The fourth-order valence-corrected chi connectivity index (χ4v) is 3.12. The molecule has 1 atom stereocenters. The van der Waals surface area contributed by atoms with E-state index in [0.29, 0.717) is 24.6 Å². The predicted molar refractivity (Wildman–Crippen MR) is 78.7 cm³/mol. The molecule has 0 spiro atoms. The number of hydrogen-bond donors (Lipinski definition) is 0. The molecule has 6 heteroatoms. The fraction of sp³-hybridized carbons (Fsp3) is 0.500. The fourth-order valence-electron chi connectivity index (χ4n) is 2.39. The molecule has 1 aliphatic rings. The standard InChI is InChI=1S/C14H19N3O2S/c1-4-11-9-16(6-7-17(11)12(18)5-2)14(19)13-15-8-10(3)20-13/h5,8,11H,2,4,6-7,9H2,1,3H3/t11-/m1/s1. The van der Waals surface area contributed by atoms with Crippen LogP contribution in [0.25, 0.3) is 0 Å². The van der Waals surface area contributed by atoms with Gasteiger partial charge in [-0.25, -0.2) is 4.98 Å². The highest BCUT2D eigenvalue weighted by molar-refractivity contribution is 7.13. The molecule has 0 saturated carbocycles. The van der Waals surface area contributed by atoms with Crippen LogP contribution in [0.15, 0.2) is 18.9 Å². The van der Waals surface area contributed by atoms with E-state index in [1.807, 2.05) is 13.8 Å². The van der Waals surface area contributed by atoms with Crippen LogP contribution in [0.2, 0.25) is 0 Å². The van der Waals surface area contributed by atoms with Crippen molar-refractivity contribution in [2.45, 2.75) is 26.3 Å². The van der Waals surface area contributed by atoms with Gasteiger partial charge in [0.2, 0.25) is 5.91 Å². The molecule has 0 radical (unpaired) electrons. The lowest BCUT2D eigenvalue weighted by atomic mass is 10.1. The summed E-state index contributed by atoms with van der Waals surface area (Å²) in [6, 6.07) is 0.0549. The monoisotopic (exact) mass is 293 g/mol. The first-order valence-corrected chi connectivity index (χ1v) is 7.53. The summed E-state index contributed by atoms with van der Waals surface area (Å²) >= 11 is 1.41. The number of amides is 2. The molecule has 1 aromatic heterocycles. The van der Waals surface area contributed by atoms with E-state index in [1.54, 1.807) is 16.0 Å². The summed E-state index contributed by atoms with van der Waals surface area (Å²) in [5.74, 6) is -0.0960. The SMILES string of the molecule is C=CC(=O)N1CCN(C(=O)c2ncc(C)s2)C[C@H]1CC. The van der Waals surface area contributed by atoms with E-state index in [2.05, 4.69) is 11.6 Å². The lowest BCUT2D eigenvalue weighted by molar-refractivity contribution is -0.130. The van der Waals surface area contributed by atoms with Gasteiger partial charge in [0.15, 0.2) is 5.01 Å². The van der Waals surface area contributed by atoms with E-state index < -0.39 is 0 Å². The predicted octanol–water partition coefficient (Wildman–Crippen LogP) is 1.70. The third kappa shape index (κ3) is 2.90. The minimum atomic E-state index is -0.0611. The largest absolute Gasteiger partial charge is 0.333 e. The molecule has 0 N–H and O–H groups in total. The van der Waals surface area contributed by atoms with Crippen LogP contribution in [-0.4, -0.2) is 52.3 Å². The first-order valence-electron chi connectivity index (χ1n) is 6.71. The van der Waals surface area contributed by atoms with Crippen molar-refractivity contribution in [2.75, 3.05) is 19.6 Å². The van der Waals surface area contributed by atoms with Gasteiger partial charge in [-0.15, -0.1) is 11.3 Å². The molecule has 0 aliphatic carbocycles. The summed E-state index contributed by atoms with van der Waals surface area (Å²) in [6.07, 6.45) is 3.87. The Bertz CT molecular complexity index is 526. The van der Waals surface area contributed by atoms with Crippen molar-refractivity contribution in [3.63, 3.8) is 0 Å². The van der Waals surface area contributed by atoms with Crippen LogP contribution in [0.1, 0.15) is 28.0 Å². The summed E-state index contributed by atoms with van der Waals surface area (Å²) in [6.45, 7) is 9.15. The first kappa shape index (κ1) is 14.7. The molecule has 0 aromatic carbocycles. The van der Waals surface area contributed by atoms with Crippen LogP contribution in [-0.2, 0) is 4.79 Å². The van der Waals surface area contributed by atoms with Crippen molar-refractivity contribution in [3.8, 4) is 0 Å². The van der Waals surface area contributed by atoms with E-state index >= 15 is 0 Å². The van der Waals surface area contributed by atoms with E-state index in [9.17, 15) is 9.59 Å². The van der Waals surface area contributed by atoms with Crippen molar-refractivity contribution in [2.24, 2.45) is 0 Å². The lowest BCUT2D eigenvalue weighted by Gasteiger charge is -2.40. The zero-order valence-corrected chi connectivity index (χ0v) is 12.7. The highest BCUT2D eigenvalue weighted by atomic mass is 32.1. The summed E-state index contributed by atoms with van der Waals surface area (Å²) in [5.41, 5.74) is 0. The van der Waals surface area contributed by atoms with Gasteiger partial charge < -0.3 is 9.80 Å². The molecular formula is C14H19N3O2S. The van der Waals surface area contributed by atoms with E-state index in [1.165, 1.54) is 17.4 Å². The Kier molecular flexibility index (Phi) is 4.54. The van der Waals surface area contributed by atoms with Crippen LogP contribution in [0, 0.1) is 6.92 Å². The molecule has 20 heavy (non-hydrogen) atoms.